The van der Waals surface area contributed by atoms with Crippen molar-refractivity contribution in [2.45, 2.75) is 31.7 Å². The van der Waals surface area contributed by atoms with Gasteiger partial charge in [0.2, 0.25) is 10.0 Å². The van der Waals surface area contributed by atoms with Crippen LogP contribution in [-0.2, 0) is 16.4 Å². The molecule has 1 unspecified atom stereocenters. The molecule has 1 saturated heterocycles. The minimum absolute atomic E-state index is 0.0916. The van der Waals surface area contributed by atoms with Crippen LogP contribution in [0.3, 0.4) is 0 Å². The van der Waals surface area contributed by atoms with E-state index in [0.717, 1.165) is 24.8 Å². The van der Waals surface area contributed by atoms with Crippen molar-refractivity contribution in [2.75, 3.05) is 16.6 Å². The summed E-state index contributed by atoms with van der Waals surface area (Å²) in [5, 5.41) is 3.17. The molecule has 166 valence electrons. The zero-order valence-electron chi connectivity index (χ0n) is 18.0. The van der Waals surface area contributed by atoms with Crippen LogP contribution in [0.5, 0.6) is 0 Å². The third-order valence-electron chi connectivity index (χ3n) is 5.83. The Morgan fingerprint density at radius 1 is 0.906 bits per heavy atom. The van der Waals surface area contributed by atoms with Crippen LogP contribution in [0.4, 0.5) is 5.69 Å². The van der Waals surface area contributed by atoms with Crippen molar-refractivity contribution in [3.8, 4) is 0 Å². The molecule has 3 aromatic carbocycles. The summed E-state index contributed by atoms with van der Waals surface area (Å²) in [6.07, 6.45) is 3.37. The van der Waals surface area contributed by atoms with E-state index in [-0.39, 0.29) is 17.7 Å². The Balaban J connectivity index is 1.43. The fraction of sp³-hybridized carbons (Fsp3) is 0.269. The lowest BCUT2D eigenvalue weighted by molar-refractivity contribution is 0.0934. The van der Waals surface area contributed by atoms with Gasteiger partial charge in [-0.1, -0.05) is 60.7 Å². The van der Waals surface area contributed by atoms with Gasteiger partial charge in [0.15, 0.2) is 0 Å². The number of hydrogen-bond donors (Lipinski definition) is 1. The van der Waals surface area contributed by atoms with Crippen molar-refractivity contribution in [2.24, 2.45) is 0 Å². The molecule has 1 amide bonds. The normalized spacial score (nSPS) is 15.9. The summed E-state index contributed by atoms with van der Waals surface area (Å²) in [5.41, 5.74) is 3.50. The van der Waals surface area contributed by atoms with Gasteiger partial charge < -0.3 is 5.32 Å². The highest BCUT2D eigenvalue weighted by Gasteiger charge is 2.28. The van der Waals surface area contributed by atoms with Crippen molar-refractivity contribution < 1.29 is 13.2 Å². The molecule has 0 aliphatic carbocycles. The quantitative estimate of drug-likeness (QED) is 0.542. The largest absolute Gasteiger partial charge is 0.345 e. The Morgan fingerprint density at radius 2 is 1.56 bits per heavy atom. The third kappa shape index (κ3) is 5.37. The van der Waals surface area contributed by atoms with E-state index >= 15 is 0 Å². The molecule has 32 heavy (non-hydrogen) atoms. The first kappa shape index (κ1) is 22.1. The fourth-order valence-corrected chi connectivity index (χ4v) is 5.68. The Bertz CT molecular complexity index is 1130. The average Bonchev–Trinajstić information content (AvgIpc) is 3.18. The lowest BCUT2D eigenvalue weighted by Gasteiger charge is -2.20. The number of amides is 1. The topological polar surface area (TPSA) is 66.5 Å². The van der Waals surface area contributed by atoms with Gasteiger partial charge in [-0.2, -0.15) is 0 Å². The monoisotopic (exact) mass is 448 g/mol. The van der Waals surface area contributed by atoms with Crippen LogP contribution in [0, 0.1) is 0 Å². The van der Waals surface area contributed by atoms with Crippen LogP contribution in [0.25, 0.3) is 0 Å². The van der Waals surface area contributed by atoms with Crippen LogP contribution in [0.2, 0.25) is 0 Å². The predicted octanol–water partition coefficient (Wildman–Crippen LogP) is 4.72. The summed E-state index contributed by atoms with van der Waals surface area (Å²) in [7, 11) is -3.23. The van der Waals surface area contributed by atoms with Crippen molar-refractivity contribution in [1.29, 1.82) is 0 Å². The number of sulfonamides is 1. The van der Waals surface area contributed by atoms with Crippen molar-refractivity contribution in [1.82, 2.24) is 5.32 Å². The van der Waals surface area contributed by atoms with Crippen molar-refractivity contribution in [3.63, 3.8) is 0 Å². The smallest absolute Gasteiger partial charge is 0.251 e. The van der Waals surface area contributed by atoms with E-state index in [1.807, 2.05) is 48.5 Å². The molecule has 1 atom stereocenters. The predicted molar refractivity (Wildman–Crippen MR) is 128 cm³/mol. The molecule has 0 saturated carbocycles. The van der Waals surface area contributed by atoms with Gasteiger partial charge >= 0.3 is 0 Å². The minimum atomic E-state index is -3.23. The van der Waals surface area contributed by atoms with Crippen molar-refractivity contribution in [3.05, 3.63) is 102 Å². The number of nitrogens with one attached hydrogen (secondary N) is 1. The molecule has 5 nitrogen and oxygen atoms in total. The first-order valence-corrected chi connectivity index (χ1v) is 12.6. The second kappa shape index (κ2) is 10.0. The van der Waals surface area contributed by atoms with Crippen LogP contribution in [0.1, 0.15) is 46.8 Å². The number of benzene rings is 3. The highest BCUT2D eigenvalue weighted by Crippen LogP contribution is 2.25. The van der Waals surface area contributed by atoms with E-state index in [1.165, 1.54) is 9.87 Å². The van der Waals surface area contributed by atoms with E-state index in [2.05, 4.69) is 17.4 Å². The Morgan fingerprint density at radius 3 is 2.19 bits per heavy atom. The zero-order chi connectivity index (χ0) is 22.4. The van der Waals surface area contributed by atoms with Crippen LogP contribution in [0.15, 0.2) is 84.9 Å². The van der Waals surface area contributed by atoms with Gasteiger partial charge in [-0.05, 0) is 61.1 Å². The Kier molecular flexibility index (Phi) is 6.90. The lowest BCUT2D eigenvalue weighted by Crippen LogP contribution is -2.29. The Hall–Kier alpha value is -3.12. The molecule has 0 aromatic heterocycles. The molecule has 6 heteroatoms. The van der Waals surface area contributed by atoms with Crippen molar-refractivity contribution >= 4 is 21.6 Å². The van der Waals surface area contributed by atoms with Crippen LogP contribution in [-0.4, -0.2) is 26.6 Å². The summed E-state index contributed by atoms with van der Waals surface area (Å²) in [6, 6.07) is 27.1. The molecule has 1 heterocycles. The molecule has 0 spiro atoms. The van der Waals surface area contributed by atoms with Gasteiger partial charge in [-0.15, -0.1) is 0 Å². The highest BCUT2D eigenvalue weighted by molar-refractivity contribution is 7.93. The third-order valence-corrected chi connectivity index (χ3v) is 7.69. The molecule has 3 aromatic rings. The van der Waals surface area contributed by atoms with E-state index in [9.17, 15) is 13.2 Å². The first-order valence-electron chi connectivity index (χ1n) is 11.0. The molecule has 1 aliphatic rings. The fourth-order valence-electron chi connectivity index (χ4n) is 4.11. The van der Waals surface area contributed by atoms with Gasteiger partial charge in [0.25, 0.3) is 5.91 Å². The molecular formula is C26H28N2O3S. The molecular weight excluding hydrogens is 420 g/mol. The van der Waals surface area contributed by atoms with E-state index in [1.54, 1.807) is 24.3 Å². The van der Waals surface area contributed by atoms with Crippen LogP contribution >= 0.6 is 0 Å². The first-order chi connectivity index (χ1) is 15.5. The molecule has 1 fully saturated rings. The Labute approximate surface area is 190 Å². The summed E-state index contributed by atoms with van der Waals surface area (Å²) in [6.45, 7) is 0.491. The van der Waals surface area contributed by atoms with Gasteiger partial charge in [-0.25, -0.2) is 8.42 Å². The maximum Gasteiger partial charge on any atom is 0.251 e. The lowest BCUT2D eigenvalue weighted by atomic mass is 9.98. The summed E-state index contributed by atoms with van der Waals surface area (Å²) in [4.78, 5) is 13.0. The second-order valence-corrected chi connectivity index (χ2v) is 10.1. The summed E-state index contributed by atoms with van der Waals surface area (Å²) < 4.78 is 25.7. The van der Waals surface area contributed by atoms with E-state index < -0.39 is 10.0 Å². The summed E-state index contributed by atoms with van der Waals surface area (Å²) in [5.74, 6) is 0.0196. The second-order valence-electron chi connectivity index (χ2n) is 8.10. The number of hydrogen-bond acceptors (Lipinski definition) is 3. The average molecular weight is 449 g/mol. The number of carbonyl (C=O) groups excluding carboxylic acids is 1. The molecule has 0 radical (unpaired) electrons. The number of anilines is 1. The number of rotatable bonds is 8. The SMILES string of the molecule is O=C(NC(CCCc1ccccc1)c1ccccc1)c1ccc(N2CCCS2(=O)=O)cc1. The molecule has 1 N–H and O–H groups in total. The molecule has 4 rings (SSSR count). The standard InChI is InChI=1S/C26H28N2O3S/c29-26(23-15-17-24(18-16-23)28-19-8-20-32(28,30)31)27-25(22-12-5-2-6-13-22)14-7-11-21-9-3-1-4-10-21/h1-6,9-10,12-13,15-18,25H,7-8,11,14,19-20H2,(H,27,29). The van der Waals surface area contributed by atoms with Crippen LogP contribution < -0.4 is 9.62 Å². The summed E-state index contributed by atoms with van der Waals surface area (Å²) >= 11 is 0. The van der Waals surface area contributed by atoms with Gasteiger partial charge in [0.1, 0.15) is 0 Å². The van der Waals surface area contributed by atoms with E-state index in [0.29, 0.717) is 24.2 Å². The number of aryl methyl sites for hydroxylation is 1. The molecule has 0 bridgehead atoms. The van der Waals surface area contributed by atoms with E-state index in [4.69, 9.17) is 0 Å². The van der Waals surface area contributed by atoms with Gasteiger partial charge in [0.05, 0.1) is 17.5 Å². The maximum atomic E-state index is 13.0. The minimum Gasteiger partial charge on any atom is -0.345 e. The van der Waals surface area contributed by atoms with Gasteiger partial charge in [-0.3, -0.25) is 9.10 Å². The number of nitrogens with zero attached hydrogens (tertiary/aromatic N) is 1. The zero-order valence-corrected chi connectivity index (χ0v) is 18.8. The highest BCUT2D eigenvalue weighted by atomic mass is 32.2. The number of carbonyl (C=O) groups is 1. The van der Waals surface area contributed by atoms with Gasteiger partial charge in [0, 0.05) is 12.1 Å². The molecule has 1 aliphatic heterocycles. The maximum absolute atomic E-state index is 13.0.